The second-order valence-corrected chi connectivity index (χ2v) is 7.44. The minimum absolute atomic E-state index is 0.0979. The van der Waals surface area contributed by atoms with Gasteiger partial charge >= 0.3 is 5.97 Å². The van der Waals surface area contributed by atoms with Gasteiger partial charge in [-0.3, -0.25) is 4.79 Å². The summed E-state index contributed by atoms with van der Waals surface area (Å²) in [7, 11) is 3.83. The molecule has 2 aromatic carbocycles. The van der Waals surface area contributed by atoms with E-state index in [2.05, 4.69) is 10.5 Å². The van der Waals surface area contributed by atoms with Crippen molar-refractivity contribution in [2.75, 3.05) is 19.0 Å². The van der Waals surface area contributed by atoms with Crippen molar-refractivity contribution < 1.29 is 19.1 Å². The zero-order valence-electron chi connectivity index (χ0n) is 17.6. The summed E-state index contributed by atoms with van der Waals surface area (Å²) in [5, 5.41) is 14.1. The number of amides is 1. The molecule has 0 bridgehead atoms. The number of hydrogen-bond acceptors (Lipinski definition) is 5. The number of hydrogen-bond donors (Lipinski definition) is 2. The van der Waals surface area contributed by atoms with Gasteiger partial charge in [-0.2, -0.15) is 5.10 Å². The Hall–Kier alpha value is -4.33. The van der Waals surface area contributed by atoms with Gasteiger partial charge in [0.25, 0.3) is 5.91 Å². The van der Waals surface area contributed by atoms with Crippen LogP contribution in [0.3, 0.4) is 0 Å². The number of aromatic carboxylic acids is 1. The number of hydrazone groups is 1. The molecule has 0 unspecified atom stereocenters. The van der Waals surface area contributed by atoms with E-state index >= 15 is 0 Å². The number of anilines is 1. The first-order valence-corrected chi connectivity index (χ1v) is 9.93. The van der Waals surface area contributed by atoms with E-state index in [0.29, 0.717) is 17.9 Å². The van der Waals surface area contributed by atoms with Gasteiger partial charge < -0.3 is 19.0 Å². The molecule has 2 N–H and O–H groups in total. The lowest BCUT2D eigenvalue weighted by atomic mass is 10.2. The highest BCUT2D eigenvalue weighted by Gasteiger charge is 2.12. The van der Waals surface area contributed by atoms with Gasteiger partial charge in [0.2, 0.25) is 5.76 Å². The maximum atomic E-state index is 12.5. The summed E-state index contributed by atoms with van der Waals surface area (Å²) in [6.45, 7) is 0.366. The van der Waals surface area contributed by atoms with Crippen LogP contribution in [0.4, 0.5) is 5.69 Å². The van der Waals surface area contributed by atoms with Gasteiger partial charge in [-0.05, 0) is 36.4 Å². The van der Waals surface area contributed by atoms with Crippen LogP contribution in [0.2, 0.25) is 0 Å². The molecule has 4 aromatic rings. The molecule has 0 atom stereocenters. The molecule has 8 heteroatoms. The minimum atomic E-state index is -1.10. The fourth-order valence-electron chi connectivity index (χ4n) is 3.40. The quantitative estimate of drug-likeness (QED) is 0.343. The fraction of sp³-hybridized carbons (Fsp3) is 0.125. The van der Waals surface area contributed by atoms with Crippen LogP contribution >= 0.6 is 0 Å². The number of furan rings is 1. The first kappa shape index (κ1) is 20.9. The van der Waals surface area contributed by atoms with E-state index in [1.54, 1.807) is 24.4 Å². The Labute approximate surface area is 184 Å². The van der Waals surface area contributed by atoms with Gasteiger partial charge in [-0.1, -0.05) is 24.3 Å². The molecule has 0 saturated carbocycles. The van der Waals surface area contributed by atoms with Crippen molar-refractivity contribution in [3.05, 3.63) is 89.5 Å². The average molecular weight is 430 g/mol. The Morgan fingerprint density at radius 2 is 1.94 bits per heavy atom. The maximum Gasteiger partial charge on any atom is 0.371 e. The van der Waals surface area contributed by atoms with Gasteiger partial charge in [0.15, 0.2) is 0 Å². The highest BCUT2D eigenvalue weighted by molar-refractivity contribution is 6.00. The molecule has 32 heavy (non-hydrogen) atoms. The van der Waals surface area contributed by atoms with Crippen molar-refractivity contribution in [2.24, 2.45) is 5.10 Å². The second kappa shape index (κ2) is 8.81. The topological polar surface area (TPSA) is 100 Å². The number of carbonyl (C=O) groups excluding carboxylic acids is 1. The van der Waals surface area contributed by atoms with Crippen molar-refractivity contribution in [1.29, 1.82) is 0 Å². The molecule has 162 valence electrons. The monoisotopic (exact) mass is 430 g/mol. The average Bonchev–Trinajstić information content (AvgIpc) is 3.40. The first-order valence-electron chi connectivity index (χ1n) is 9.93. The number of para-hydroxylation sites is 1. The molecule has 1 amide bonds. The van der Waals surface area contributed by atoms with E-state index in [1.807, 2.05) is 66.2 Å². The molecule has 0 aliphatic heterocycles. The Morgan fingerprint density at radius 1 is 1.12 bits per heavy atom. The van der Waals surface area contributed by atoms with Gasteiger partial charge in [-0.25, -0.2) is 10.2 Å². The molecule has 2 aromatic heterocycles. The summed E-state index contributed by atoms with van der Waals surface area (Å²) in [4.78, 5) is 25.4. The number of carboxylic acids is 1. The highest BCUT2D eigenvalue weighted by atomic mass is 16.4. The molecule has 0 spiro atoms. The highest BCUT2D eigenvalue weighted by Crippen LogP contribution is 2.22. The minimum Gasteiger partial charge on any atom is -0.475 e. The van der Waals surface area contributed by atoms with Crippen LogP contribution in [0.25, 0.3) is 10.9 Å². The van der Waals surface area contributed by atoms with Crippen molar-refractivity contribution in [1.82, 2.24) is 9.99 Å². The van der Waals surface area contributed by atoms with Crippen molar-refractivity contribution in [3.63, 3.8) is 0 Å². The number of fused-ring (bicyclic) bond motifs is 1. The molecule has 0 radical (unpaired) electrons. The largest absolute Gasteiger partial charge is 0.475 e. The summed E-state index contributed by atoms with van der Waals surface area (Å²) in [5.41, 5.74) is 5.76. The van der Waals surface area contributed by atoms with Crippen LogP contribution in [0.15, 0.2) is 76.4 Å². The Balaban J connectivity index is 1.54. The van der Waals surface area contributed by atoms with Crippen LogP contribution in [0, 0.1) is 0 Å². The van der Waals surface area contributed by atoms with Crippen molar-refractivity contribution >= 4 is 34.7 Å². The maximum absolute atomic E-state index is 12.5. The summed E-state index contributed by atoms with van der Waals surface area (Å²) < 4.78 is 7.33. The lowest BCUT2D eigenvalue weighted by Crippen LogP contribution is -2.18. The zero-order valence-corrected chi connectivity index (χ0v) is 17.6. The number of nitrogens with zero attached hydrogens (tertiary/aromatic N) is 3. The zero-order chi connectivity index (χ0) is 22.7. The number of nitrogens with one attached hydrogen (secondary N) is 1. The lowest BCUT2D eigenvalue weighted by molar-refractivity contribution is 0.0660. The van der Waals surface area contributed by atoms with Gasteiger partial charge in [0, 0.05) is 48.0 Å². The van der Waals surface area contributed by atoms with E-state index in [4.69, 9.17) is 9.52 Å². The fourth-order valence-corrected chi connectivity index (χ4v) is 3.40. The Kier molecular flexibility index (Phi) is 5.76. The first-order chi connectivity index (χ1) is 15.4. The molecular weight excluding hydrogens is 408 g/mol. The van der Waals surface area contributed by atoms with Crippen LogP contribution in [-0.2, 0) is 6.54 Å². The van der Waals surface area contributed by atoms with E-state index in [0.717, 1.165) is 22.2 Å². The SMILES string of the molecule is CN(C)c1cccc(C(=O)N/N=C\c2cn(Cc3ccc(C(=O)O)o3)c3ccccc23)c1. The van der Waals surface area contributed by atoms with E-state index < -0.39 is 5.97 Å². The molecule has 2 heterocycles. The number of carbonyl (C=O) groups is 2. The van der Waals surface area contributed by atoms with Gasteiger partial charge in [-0.15, -0.1) is 0 Å². The molecule has 0 aliphatic rings. The second-order valence-electron chi connectivity index (χ2n) is 7.44. The smallest absolute Gasteiger partial charge is 0.371 e. The number of carboxylic acid groups (broad SMARTS) is 1. The van der Waals surface area contributed by atoms with Gasteiger partial charge in [0.1, 0.15) is 5.76 Å². The molecule has 4 rings (SSSR count). The van der Waals surface area contributed by atoms with Crippen LogP contribution < -0.4 is 10.3 Å². The predicted octanol–water partition coefficient (Wildman–Crippen LogP) is 3.81. The summed E-state index contributed by atoms with van der Waals surface area (Å²) in [6.07, 6.45) is 3.48. The lowest BCUT2D eigenvalue weighted by Gasteiger charge is -2.12. The third-order valence-corrected chi connectivity index (χ3v) is 5.01. The summed E-state index contributed by atoms with van der Waals surface area (Å²) in [5.74, 6) is -0.973. The Morgan fingerprint density at radius 3 is 2.69 bits per heavy atom. The molecular formula is C24H22N4O4. The summed E-state index contributed by atoms with van der Waals surface area (Å²) >= 11 is 0. The van der Waals surface area contributed by atoms with Crippen LogP contribution in [0.5, 0.6) is 0 Å². The van der Waals surface area contributed by atoms with Crippen molar-refractivity contribution in [3.8, 4) is 0 Å². The standard InChI is InChI=1S/C24H22N4O4/c1-27(2)18-7-5-6-16(12-18)23(29)26-25-13-17-14-28(21-9-4-3-8-20(17)21)15-19-10-11-22(32-19)24(30)31/h3-14H,15H2,1-2H3,(H,26,29)(H,30,31)/b25-13-. The molecule has 8 nitrogen and oxygen atoms in total. The predicted molar refractivity (Wildman–Crippen MR) is 123 cm³/mol. The molecule has 0 fully saturated rings. The van der Waals surface area contributed by atoms with E-state index in [9.17, 15) is 9.59 Å². The summed E-state index contributed by atoms with van der Waals surface area (Å²) in [6, 6.07) is 18.1. The third kappa shape index (κ3) is 4.39. The van der Waals surface area contributed by atoms with Crippen LogP contribution in [-0.4, -0.2) is 41.9 Å². The number of aromatic nitrogens is 1. The number of benzene rings is 2. The van der Waals surface area contributed by atoms with Gasteiger partial charge in [0.05, 0.1) is 12.8 Å². The number of rotatable bonds is 7. The Bertz CT molecular complexity index is 1320. The van der Waals surface area contributed by atoms with E-state index in [1.165, 1.54) is 6.07 Å². The molecule has 0 aliphatic carbocycles. The molecule has 0 saturated heterocycles. The van der Waals surface area contributed by atoms with Crippen LogP contribution in [0.1, 0.15) is 32.2 Å². The van der Waals surface area contributed by atoms with E-state index in [-0.39, 0.29) is 11.7 Å². The third-order valence-electron chi connectivity index (χ3n) is 5.01. The normalized spacial score (nSPS) is 11.2. The van der Waals surface area contributed by atoms with Crippen molar-refractivity contribution in [2.45, 2.75) is 6.54 Å².